The fourth-order valence-corrected chi connectivity index (χ4v) is 2.89. The second-order valence-corrected chi connectivity index (χ2v) is 6.51. The minimum Gasteiger partial charge on any atom is -0.457 e. The number of hydrogen-bond acceptors (Lipinski definition) is 6. The van der Waals surface area contributed by atoms with Crippen LogP contribution in [-0.4, -0.2) is 24.1 Å². The van der Waals surface area contributed by atoms with Crippen LogP contribution in [0.2, 0.25) is 0 Å². The van der Waals surface area contributed by atoms with Gasteiger partial charge in [0, 0.05) is 4.90 Å². The van der Waals surface area contributed by atoms with Crippen molar-refractivity contribution in [3.8, 4) is 0 Å². The Morgan fingerprint density at radius 3 is 2.36 bits per heavy atom. The molecule has 0 unspecified atom stereocenters. The Hall–Kier alpha value is -2.45. The molecule has 6 nitrogen and oxygen atoms in total. The summed E-state index contributed by atoms with van der Waals surface area (Å²) in [5, 5.41) is 5.35. The molecule has 8 heteroatoms. The number of furan rings is 2. The van der Waals surface area contributed by atoms with Crippen LogP contribution in [0, 0.1) is 0 Å². The lowest BCUT2D eigenvalue weighted by atomic mass is 10.3. The summed E-state index contributed by atoms with van der Waals surface area (Å²) in [7, 11) is 1.27. The molecule has 2 heterocycles. The van der Waals surface area contributed by atoms with Crippen LogP contribution in [0.4, 0.5) is 16.2 Å². The van der Waals surface area contributed by atoms with Gasteiger partial charge in [0.25, 0.3) is 0 Å². The first kappa shape index (κ1) is 18.9. The van der Waals surface area contributed by atoms with E-state index < -0.39 is 6.09 Å². The van der Waals surface area contributed by atoms with E-state index in [-0.39, 0.29) is 5.11 Å². The van der Waals surface area contributed by atoms with E-state index >= 15 is 0 Å². The lowest BCUT2D eigenvalue weighted by Gasteiger charge is -2.13. The van der Waals surface area contributed by atoms with Crippen molar-refractivity contribution in [1.82, 2.24) is 5.32 Å². The highest BCUT2D eigenvalue weighted by Gasteiger charge is 2.08. The van der Waals surface area contributed by atoms with E-state index in [0.717, 1.165) is 21.8 Å². The van der Waals surface area contributed by atoms with E-state index in [1.807, 2.05) is 43.3 Å². The molecule has 0 aliphatic carbocycles. The Balaban J connectivity index is 0.000000261. The predicted molar refractivity (Wildman–Crippen MR) is 106 cm³/mol. The molecule has 4 N–H and O–H groups in total. The summed E-state index contributed by atoms with van der Waals surface area (Å²) in [6.07, 6.45) is -0.620. The monoisotopic (exact) mass is 377 g/mol. The van der Waals surface area contributed by atoms with Crippen molar-refractivity contribution in [3.63, 3.8) is 0 Å². The number of para-hydroxylation sites is 1. The summed E-state index contributed by atoms with van der Waals surface area (Å²) >= 11 is 6.60. The fraction of sp³-hybridized carbons (Fsp3) is 0.176. The number of nitrogen functional groups attached to an aromatic ring is 1. The number of alkyl carbamates (subject to hydrolysis) is 1. The zero-order valence-corrected chi connectivity index (χ0v) is 15.5. The summed E-state index contributed by atoms with van der Waals surface area (Å²) in [5.74, 6) is 0.929. The van der Waals surface area contributed by atoms with Gasteiger partial charge in [-0.05, 0) is 54.4 Å². The van der Waals surface area contributed by atoms with Gasteiger partial charge in [0.2, 0.25) is 0 Å². The van der Waals surface area contributed by atoms with Gasteiger partial charge < -0.3 is 20.2 Å². The number of benzene rings is 2. The quantitative estimate of drug-likeness (QED) is 0.356. The van der Waals surface area contributed by atoms with Crippen molar-refractivity contribution >= 4 is 57.7 Å². The number of ether oxygens (including phenoxy) is 1. The highest BCUT2D eigenvalue weighted by Crippen LogP contribution is 2.30. The molecule has 25 heavy (non-hydrogen) atoms. The number of carbonyl (C=O) groups excluding carboxylic acids is 1. The average molecular weight is 377 g/mol. The molecule has 3 rings (SSSR count). The fourth-order valence-electron chi connectivity index (χ4n) is 1.94. The Morgan fingerprint density at radius 2 is 1.88 bits per heavy atom. The third kappa shape index (κ3) is 5.54. The van der Waals surface area contributed by atoms with Crippen LogP contribution in [0.25, 0.3) is 11.2 Å². The topological polar surface area (TPSA) is 89.5 Å². The minimum atomic E-state index is -0.620. The van der Waals surface area contributed by atoms with E-state index in [9.17, 15) is 4.79 Å². The number of amides is 1. The lowest BCUT2D eigenvalue weighted by molar-refractivity contribution is 0.177. The predicted octanol–water partition coefficient (Wildman–Crippen LogP) is 4.30. The highest BCUT2D eigenvalue weighted by molar-refractivity contribution is 7.99. The standard InChI is InChI=1S/C11H15N3O2S2.C6H4O/c1-3-18-8-6-4-5-7(9(8)12)13-10(17)14-11(15)16-2;1-2-6-4-3-5(1)7-6/h4-6H,3,12H2,1-2H3,(H2,13,14,15,17);1-4H. The normalized spacial score (nSPS) is 10.0. The first-order chi connectivity index (χ1) is 12.0. The number of fused-ring (bicyclic) bond motifs is 2. The van der Waals surface area contributed by atoms with Crippen molar-refractivity contribution in [2.75, 3.05) is 23.9 Å². The summed E-state index contributed by atoms with van der Waals surface area (Å²) in [4.78, 5) is 11.9. The molecular formula is C17H19N3O3S2. The first-order valence-electron chi connectivity index (χ1n) is 7.48. The number of nitrogens with two attached hydrogens (primary N) is 1. The zero-order chi connectivity index (χ0) is 18.2. The van der Waals surface area contributed by atoms with Gasteiger partial charge in [0.15, 0.2) is 5.11 Å². The molecule has 0 fully saturated rings. The first-order valence-corrected chi connectivity index (χ1v) is 8.88. The average Bonchev–Trinajstić information content (AvgIpc) is 3.25. The van der Waals surface area contributed by atoms with E-state index in [0.29, 0.717) is 11.4 Å². The maximum absolute atomic E-state index is 11.0. The van der Waals surface area contributed by atoms with Crippen LogP contribution < -0.4 is 16.4 Å². The third-order valence-corrected chi connectivity index (χ3v) is 4.23. The molecule has 0 saturated carbocycles. The van der Waals surface area contributed by atoms with Gasteiger partial charge in [0.1, 0.15) is 11.2 Å². The summed E-state index contributed by atoms with van der Waals surface area (Å²) in [6.45, 7) is 2.05. The second kappa shape index (κ2) is 9.14. The Kier molecular flexibility index (Phi) is 6.91. The van der Waals surface area contributed by atoms with E-state index in [1.165, 1.54) is 7.11 Å². The van der Waals surface area contributed by atoms with E-state index in [1.54, 1.807) is 17.8 Å². The molecule has 3 aromatic rings. The minimum absolute atomic E-state index is 0.146. The van der Waals surface area contributed by atoms with Gasteiger partial charge in [-0.25, -0.2) is 4.79 Å². The van der Waals surface area contributed by atoms with Gasteiger partial charge in [-0.1, -0.05) is 13.0 Å². The van der Waals surface area contributed by atoms with Crippen molar-refractivity contribution in [3.05, 3.63) is 42.5 Å². The van der Waals surface area contributed by atoms with Crippen LogP contribution in [-0.2, 0) is 4.74 Å². The molecule has 132 valence electrons. The molecule has 0 saturated heterocycles. The number of anilines is 2. The van der Waals surface area contributed by atoms with Gasteiger partial charge in [-0.15, -0.1) is 11.8 Å². The van der Waals surface area contributed by atoms with E-state index in [4.69, 9.17) is 22.4 Å². The second-order valence-electron chi connectivity index (χ2n) is 4.79. The van der Waals surface area contributed by atoms with Crippen LogP contribution in [0.5, 0.6) is 0 Å². The smallest absolute Gasteiger partial charge is 0.413 e. The molecule has 0 atom stereocenters. The molecular weight excluding hydrogens is 358 g/mol. The number of rotatable bonds is 3. The molecule has 0 radical (unpaired) electrons. The summed E-state index contributed by atoms with van der Waals surface area (Å²) < 4.78 is 9.52. The maximum atomic E-state index is 11.0. The summed E-state index contributed by atoms with van der Waals surface area (Å²) in [5.41, 5.74) is 9.20. The number of thiocarbonyl (C=S) groups is 1. The maximum Gasteiger partial charge on any atom is 0.413 e. The third-order valence-electron chi connectivity index (χ3n) is 3.07. The van der Waals surface area contributed by atoms with Crippen molar-refractivity contribution in [1.29, 1.82) is 0 Å². The van der Waals surface area contributed by atoms with Gasteiger partial charge in [-0.3, -0.25) is 5.32 Å². The molecule has 0 spiro atoms. The van der Waals surface area contributed by atoms with Crippen LogP contribution in [0.1, 0.15) is 6.92 Å². The van der Waals surface area contributed by atoms with Crippen LogP contribution >= 0.6 is 24.0 Å². The molecule has 2 aromatic heterocycles. The lowest BCUT2D eigenvalue weighted by Crippen LogP contribution is -2.34. The number of hydrogen-bond donors (Lipinski definition) is 3. The number of nitrogens with one attached hydrogen (secondary N) is 2. The van der Waals surface area contributed by atoms with Crippen molar-refractivity contribution in [2.45, 2.75) is 11.8 Å². The molecule has 2 bridgehead atoms. The molecule has 1 amide bonds. The zero-order valence-electron chi connectivity index (χ0n) is 13.9. The largest absolute Gasteiger partial charge is 0.457 e. The van der Waals surface area contributed by atoms with Crippen LogP contribution in [0.15, 0.2) is 51.8 Å². The highest BCUT2D eigenvalue weighted by atomic mass is 32.2. The summed E-state index contributed by atoms with van der Waals surface area (Å²) in [6, 6.07) is 13.4. The van der Waals surface area contributed by atoms with Gasteiger partial charge in [-0.2, -0.15) is 0 Å². The van der Waals surface area contributed by atoms with Gasteiger partial charge >= 0.3 is 6.09 Å². The van der Waals surface area contributed by atoms with Gasteiger partial charge in [0.05, 0.1) is 18.5 Å². The van der Waals surface area contributed by atoms with E-state index in [2.05, 4.69) is 15.4 Å². The molecule has 1 aromatic carbocycles. The Morgan fingerprint density at radius 1 is 1.24 bits per heavy atom. The Labute approximate surface area is 155 Å². The van der Waals surface area contributed by atoms with Crippen LogP contribution in [0.3, 0.4) is 0 Å². The van der Waals surface area contributed by atoms with Crippen molar-refractivity contribution in [2.24, 2.45) is 0 Å². The Bertz CT molecular complexity index is 790. The molecule has 0 aliphatic rings. The molecule has 0 aliphatic heterocycles. The number of thioether (sulfide) groups is 1. The number of carbonyl (C=O) groups is 1. The van der Waals surface area contributed by atoms with Crippen molar-refractivity contribution < 1.29 is 13.9 Å². The number of methoxy groups -OCH3 is 1. The SMILES string of the molecule is CCSc1cccc(NC(=S)NC(=O)OC)c1N.c1cc2ccc1o2.